The zero-order valence-corrected chi connectivity index (χ0v) is 12.3. The number of aromatic nitrogens is 1. The minimum absolute atomic E-state index is 0.247. The maximum atomic E-state index is 11.9. The van der Waals surface area contributed by atoms with E-state index >= 15 is 0 Å². The number of carbonyl (C=O) groups excluding carboxylic acids is 1. The second-order valence-electron chi connectivity index (χ2n) is 4.58. The van der Waals surface area contributed by atoms with E-state index in [1.54, 1.807) is 12.3 Å². The Morgan fingerprint density at radius 3 is 2.58 bits per heavy atom. The third-order valence-corrected chi connectivity index (χ3v) is 4.45. The number of nitrogens with one attached hydrogen (secondary N) is 1. The summed E-state index contributed by atoms with van der Waals surface area (Å²) in [7, 11) is -3.38. The van der Waals surface area contributed by atoms with Gasteiger partial charge in [0.05, 0.1) is 11.7 Å². The van der Waals surface area contributed by atoms with Crippen molar-refractivity contribution in [2.75, 3.05) is 6.26 Å². The molecular formula is C13H20N2O3S. The van der Waals surface area contributed by atoms with Crippen LogP contribution in [0.3, 0.4) is 0 Å². The highest BCUT2D eigenvalue weighted by Crippen LogP contribution is 2.16. The fourth-order valence-corrected chi connectivity index (χ4v) is 2.11. The molecule has 1 rings (SSSR count). The molecule has 1 N–H and O–H groups in total. The van der Waals surface area contributed by atoms with Crippen molar-refractivity contribution in [1.29, 1.82) is 0 Å². The normalized spacial score (nSPS) is 14.7. The van der Waals surface area contributed by atoms with Crippen molar-refractivity contribution in [3.05, 3.63) is 30.1 Å². The highest BCUT2D eigenvalue weighted by molar-refractivity contribution is 7.92. The molecule has 2 atom stereocenters. The predicted octanol–water partition coefficient (Wildman–Crippen LogP) is 1.47. The fraction of sp³-hybridized carbons (Fsp3) is 0.538. The first kappa shape index (κ1) is 15.6. The van der Waals surface area contributed by atoms with Gasteiger partial charge in [-0.3, -0.25) is 9.78 Å². The molecule has 1 aromatic rings. The van der Waals surface area contributed by atoms with E-state index in [2.05, 4.69) is 10.3 Å². The molecule has 1 aromatic heterocycles. The van der Waals surface area contributed by atoms with Gasteiger partial charge in [0, 0.05) is 12.5 Å². The molecule has 0 spiro atoms. The lowest BCUT2D eigenvalue weighted by molar-refractivity contribution is -0.121. The minimum Gasteiger partial charge on any atom is -0.347 e. The first-order valence-electron chi connectivity index (χ1n) is 6.26. The first-order chi connectivity index (χ1) is 8.86. The highest BCUT2D eigenvalue weighted by atomic mass is 32.2. The summed E-state index contributed by atoms with van der Waals surface area (Å²) >= 11 is 0. The van der Waals surface area contributed by atoms with E-state index in [1.807, 2.05) is 19.1 Å². The summed E-state index contributed by atoms with van der Waals surface area (Å²) in [5.41, 5.74) is 0.749. The van der Waals surface area contributed by atoms with Crippen LogP contribution in [0.25, 0.3) is 0 Å². The molecule has 0 bridgehead atoms. The fourth-order valence-electron chi connectivity index (χ4n) is 1.65. The number of hydrogen-bond donors (Lipinski definition) is 1. The average molecular weight is 284 g/mol. The summed E-state index contributed by atoms with van der Waals surface area (Å²) in [5.74, 6) is -0.480. The summed E-state index contributed by atoms with van der Waals surface area (Å²) in [4.78, 5) is 16.1. The Balaban J connectivity index is 2.83. The number of sulfone groups is 1. The van der Waals surface area contributed by atoms with Gasteiger partial charge >= 0.3 is 0 Å². The number of rotatable bonds is 6. The summed E-state index contributed by atoms with van der Waals surface area (Å²) in [5, 5.41) is 1.71. The molecule has 0 aliphatic heterocycles. The minimum atomic E-state index is -3.38. The first-order valence-corrected chi connectivity index (χ1v) is 8.22. The standard InChI is InChI=1S/C13H20N2O3S/c1-4-7-12(11-8-5-6-9-14-11)15-13(16)10(2)19(3,17)18/h5-6,8-10,12H,4,7H2,1-3H3,(H,15,16)/t10-,12-/m0/s1. The van der Waals surface area contributed by atoms with Crippen molar-refractivity contribution >= 4 is 15.7 Å². The Labute approximate surface area is 114 Å². The smallest absolute Gasteiger partial charge is 0.238 e. The van der Waals surface area contributed by atoms with Crippen LogP contribution in [-0.4, -0.2) is 30.8 Å². The molecule has 5 nitrogen and oxygen atoms in total. The van der Waals surface area contributed by atoms with Crippen molar-refractivity contribution in [3.63, 3.8) is 0 Å². The van der Waals surface area contributed by atoms with Gasteiger partial charge in [0.1, 0.15) is 5.25 Å². The second kappa shape index (κ2) is 6.65. The quantitative estimate of drug-likeness (QED) is 0.858. The molecular weight excluding hydrogens is 264 g/mol. The maximum Gasteiger partial charge on any atom is 0.238 e. The van der Waals surface area contributed by atoms with E-state index in [-0.39, 0.29) is 6.04 Å². The van der Waals surface area contributed by atoms with Crippen molar-refractivity contribution in [1.82, 2.24) is 10.3 Å². The summed E-state index contributed by atoms with van der Waals surface area (Å²) in [6.45, 7) is 3.40. The Bertz CT molecular complexity index is 514. The largest absolute Gasteiger partial charge is 0.347 e. The van der Waals surface area contributed by atoms with Gasteiger partial charge in [-0.1, -0.05) is 19.4 Å². The molecule has 1 amide bonds. The monoisotopic (exact) mass is 284 g/mol. The Morgan fingerprint density at radius 1 is 1.42 bits per heavy atom. The summed E-state index contributed by atoms with van der Waals surface area (Å²) in [6.07, 6.45) is 4.31. The van der Waals surface area contributed by atoms with Gasteiger partial charge in [-0.2, -0.15) is 0 Å². The van der Waals surface area contributed by atoms with E-state index in [0.717, 1.165) is 24.8 Å². The maximum absolute atomic E-state index is 11.9. The lowest BCUT2D eigenvalue weighted by Gasteiger charge is -2.19. The molecule has 6 heteroatoms. The van der Waals surface area contributed by atoms with Crippen LogP contribution in [0.5, 0.6) is 0 Å². The van der Waals surface area contributed by atoms with Crippen LogP contribution >= 0.6 is 0 Å². The topological polar surface area (TPSA) is 76.1 Å². The van der Waals surface area contributed by atoms with Gasteiger partial charge in [-0.25, -0.2) is 8.42 Å². The molecule has 0 saturated heterocycles. The van der Waals surface area contributed by atoms with E-state index in [4.69, 9.17) is 0 Å². The van der Waals surface area contributed by atoms with Crippen molar-refractivity contribution < 1.29 is 13.2 Å². The molecule has 0 radical (unpaired) electrons. The molecule has 0 aliphatic rings. The molecule has 19 heavy (non-hydrogen) atoms. The van der Waals surface area contributed by atoms with E-state index < -0.39 is 21.0 Å². The van der Waals surface area contributed by atoms with Crippen LogP contribution in [0, 0.1) is 0 Å². The number of nitrogens with zero attached hydrogens (tertiary/aromatic N) is 1. The Morgan fingerprint density at radius 2 is 2.11 bits per heavy atom. The highest BCUT2D eigenvalue weighted by Gasteiger charge is 2.26. The third kappa shape index (κ3) is 4.63. The van der Waals surface area contributed by atoms with Crippen LogP contribution in [0.4, 0.5) is 0 Å². The van der Waals surface area contributed by atoms with Crippen molar-refractivity contribution in [3.8, 4) is 0 Å². The van der Waals surface area contributed by atoms with Crippen molar-refractivity contribution in [2.45, 2.75) is 38.0 Å². The zero-order valence-electron chi connectivity index (χ0n) is 11.5. The van der Waals surface area contributed by atoms with E-state index in [9.17, 15) is 13.2 Å². The predicted molar refractivity (Wildman–Crippen MR) is 74.3 cm³/mol. The van der Waals surface area contributed by atoms with Gasteiger partial charge < -0.3 is 5.32 Å². The number of carbonyl (C=O) groups is 1. The lowest BCUT2D eigenvalue weighted by Crippen LogP contribution is -2.39. The van der Waals surface area contributed by atoms with Crippen LogP contribution in [0.1, 0.15) is 38.4 Å². The molecule has 0 fully saturated rings. The molecule has 106 valence electrons. The van der Waals surface area contributed by atoms with E-state index in [1.165, 1.54) is 6.92 Å². The average Bonchev–Trinajstić information content (AvgIpc) is 2.37. The van der Waals surface area contributed by atoms with Crippen LogP contribution < -0.4 is 5.32 Å². The van der Waals surface area contributed by atoms with Crippen molar-refractivity contribution in [2.24, 2.45) is 0 Å². The lowest BCUT2D eigenvalue weighted by atomic mass is 10.1. The number of pyridine rings is 1. The molecule has 1 heterocycles. The Kier molecular flexibility index (Phi) is 5.47. The second-order valence-corrected chi connectivity index (χ2v) is 6.94. The van der Waals surface area contributed by atoms with Gasteiger partial charge in [-0.15, -0.1) is 0 Å². The molecule has 0 aliphatic carbocycles. The van der Waals surface area contributed by atoms with Gasteiger partial charge in [0.2, 0.25) is 5.91 Å². The van der Waals surface area contributed by atoms with Gasteiger partial charge in [0.25, 0.3) is 0 Å². The van der Waals surface area contributed by atoms with Gasteiger partial charge in [-0.05, 0) is 25.5 Å². The van der Waals surface area contributed by atoms with Crippen LogP contribution in [-0.2, 0) is 14.6 Å². The summed E-state index contributed by atoms with van der Waals surface area (Å²) < 4.78 is 22.7. The zero-order chi connectivity index (χ0) is 14.5. The molecule has 0 unspecified atom stereocenters. The molecule has 0 saturated carbocycles. The van der Waals surface area contributed by atoms with Crippen LogP contribution in [0.2, 0.25) is 0 Å². The molecule has 0 aromatic carbocycles. The number of hydrogen-bond acceptors (Lipinski definition) is 4. The SMILES string of the molecule is CCC[C@H](NC(=O)[C@H](C)S(C)(=O)=O)c1ccccn1. The third-order valence-electron chi connectivity index (χ3n) is 2.95. The van der Waals surface area contributed by atoms with Gasteiger partial charge in [0.15, 0.2) is 9.84 Å². The Hall–Kier alpha value is -1.43. The summed E-state index contributed by atoms with van der Waals surface area (Å²) in [6, 6.07) is 5.22. The van der Waals surface area contributed by atoms with Crippen LogP contribution in [0.15, 0.2) is 24.4 Å². The number of amides is 1. The van der Waals surface area contributed by atoms with E-state index in [0.29, 0.717) is 0 Å².